The zero-order valence-electron chi connectivity index (χ0n) is 10.1. The molecule has 1 aromatic rings. The smallest absolute Gasteiger partial charge is 0.119 e. The summed E-state index contributed by atoms with van der Waals surface area (Å²) in [4.78, 5) is 0. The Morgan fingerprint density at radius 3 is 3.00 bits per heavy atom. The summed E-state index contributed by atoms with van der Waals surface area (Å²) in [5.74, 6) is 2.10. The summed E-state index contributed by atoms with van der Waals surface area (Å²) in [5, 5.41) is 4.02. The molecule has 2 atom stereocenters. The van der Waals surface area contributed by atoms with E-state index in [2.05, 4.69) is 30.4 Å². The van der Waals surface area contributed by atoms with E-state index in [1.807, 2.05) is 25.7 Å². The fraction of sp³-hybridized carbons (Fsp3) is 0.538. The minimum absolute atomic E-state index is 0.439. The highest BCUT2D eigenvalue weighted by molar-refractivity contribution is 7.99. The van der Waals surface area contributed by atoms with Crippen LogP contribution >= 0.6 is 11.8 Å². The molecule has 1 aromatic carbocycles. The predicted octanol–water partition coefficient (Wildman–Crippen LogP) is 2.98. The standard InChI is InChI=1S/C13H19NOS/c1-4-15-11-6-5-10-8-16-9(2)13(14-3)12(10)7-11/h5-7,9,13-14H,4,8H2,1-3H3. The van der Waals surface area contributed by atoms with Crippen LogP contribution < -0.4 is 10.1 Å². The van der Waals surface area contributed by atoms with Crippen molar-refractivity contribution < 1.29 is 4.74 Å². The van der Waals surface area contributed by atoms with Crippen molar-refractivity contribution in [2.45, 2.75) is 30.9 Å². The molecular weight excluding hydrogens is 218 g/mol. The van der Waals surface area contributed by atoms with Crippen molar-refractivity contribution >= 4 is 11.8 Å². The molecule has 16 heavy (non-hydrogen) atoms. The van der Waals surface area contributed by atoms with Crippen molar-refractivity contribution in [3.8, 4) is 5.75 Å². The van der Waals surface area contributed by atoms with Crippen LogP contribution in [0.25, 0.3) is 0 Å². The van der Waals surface area contributed by atoms with Gasteiger partial charge in [-0.15, -0.1) is 0 Å². The zero-order valence-corrected chi connectivity index (χ0v) is 10.9. The Labute approximate surface area is 102 Å². The third-order valence-electron chi connectivity index (χ3n) is 3.05. The topological polar surface area (TPSA) is 21.3 Å². The van der Waals surface area contributed by atoms with Crippen LogP contribution in [0.1, 0.15) is 31.0 Å². The maximum Gasteiger partial charge on any atom is 0.119 e. The number of hydrogen-bond acceptors (Lipinski definition) is 3. The molecule has 0 fully saturated rings. The molecule has 0 saturated heterocycles. The lowest BCUT2D eigenvalue weighted by molar-refractivity contribution is 0.339. The minimum atomic E-state index is 0.439. The second-order valence-corrected chi connectivity index (χ2v) is 5.44. The van der Waals surface area contributed by atoms with Gasteiger partial charge < -0.3 is 10.1 Å². The Morgan fingerprint density at radius 1 is 1.50 bits per heavy atom. The number of thioether (sulfide) groups is 1. The van der Waals surface area contributed by atoms with E-state index in [1.165, 1.54) is 11.1 Å². The van der Waals surface area contributed by atoms with Gasteiger partial charge in [0, 0.05) is 17.0 Å². The molecule has 2 rings (SSSR count). The fourth-order valence-electron chi connectivity index (χ4n) is 2.21. The van der Waals surface area contributed by atoms with Gasteiger partial charge >= 0.3 is 0 Å². The van der Waals surface area contributed by atoms with Gasteiger partial charge in [-0.1, -0.05) is 13.0 Å². The largest absolute Gasteiger partial charge is 0.494 e. The Hall–Kier alpha value is -0.670. The van der Waals surface area contributed by atoms with E-state index in [9.17, 15) is 0 Å². The van der Waals surface area contributed by atoms with E-state index in [-0.39, 0.29) is 0 Å². The first-order chi connectivity index (χ1) is 7.76. The first-order valence-electron chi connectivity index (χ1n) is 5.80. The molecule has 1 N–H and O–H groups in total. The normalized spacial score (nSPS) is 23.9. The zero-order chi connectivity index (χ0) is 11.5. The van der Waals surface area contributed by atoms with E-state index in [0.717, 1.165) is 18.1 Å². The third kappa shape index (κ3) is 2.20. The molecule has 1 aliphatic rings. The lowest BCUT2D eigenvalue weighted by Gasteiger charge is -2.31. The number of rotatable bonds is 3. The molecule has 0 bridgehead atoms. The van der Waals surface area contributed by atoms with E-state index in [0.29, 0.717) is 11.3 Å². The lowest BCUT2D eigenvalue weighted by atomic mass is 9.98. The Kier molecular flexibility index (Phi) is 3.77. The van der Waals surface area contributed by atoms with Crippen LogP contribution in [0.3, 0.4) is 0 Å². The van der Waals surface area contributed by atoms with Crippen LogP contribution in [0.2, 0.25) is 0 Å². The molecule has 1 heterocycles. The van der Waals surface area contributed by atoms with E-state index < -0.39 is 0 Å². The van der Waals surface area contributed by atoms with Crippen molar-refractivity contribution in [3.05, 3.63) is 29.3 Å². The summed E-state index contributed by atoms with van der Waals surface area (Å²) in [5.41, 5.74) is 2.84. The van der Waals surface area contributed by atoms with E-state index in [1.54, 1.807) is 0 Å². The molecule has 0 spiro atoms. The maximum atomic E-state index is 5.57. The van der Waals surface area contributed by atoms with Gasteiger partial charge in [0.2, 0.25) is 0 Å². The van der Waals surface area contributed by atoms with E-state index in [4.69, 9.17) is 4.74 Å². The van der Waals surface area contributed by atoms with Crippen molar-refractivity contribution in [2.75, 3.05) is 13.7 Å². The molecule has 0 amide bonds. The summed E-state index contributed by atoms with van der Waals surface area (Å²) < 4.78 is 5.57. The monoisotopic (exact) mass is 237 g/mol. The fourth-order valence-corrected chi connectivity index (χ4v) is 3.39. The molecule has 1 aliphatic heterocycles. The molecule has 2 nitrogen and oxygen atoms in total. The second kappa shape index (κ2) is 5.11. The summed E-state index contributed by atoms with van der Waals surface area (Å²) in [6.07, 6.45) is 0. The highest BCUT2D eigenvalue weighted by Crippen LogP contribution is 2.38. The Bertz CT molecular complexity index is 367. The van der Waals surface area contributed by atoms with Crippen LogP contribution in [0.5, 0.6) is 5.75 Å². The van der Waals surface area contributed by atoms with Gasteiger partial charge in [-0.05, 0) is 37.2 Å². The molecule has 0 aromatic heterocycles. The highest BCUT2D eigenvalue weighted by Gasteiger charge is 2.25. The van der Waals surface area contributed by atoms with Gasteiger partial charge in [0.15, 0.2) is 0 Å². The van der Waals surface area contributed by atoms with Crippen LogP contribution in [-0.4, -0.2) is 18.9 Å². The van der Waals surface area contributed by atoms with Gasteiger partial charge in [-0.25, -0.2) is 0 Å². The van der Waals surface area contributed by atoms with Gasteiger partial charge in [-0.2, -0.15) is 11.8 Å². The Balaban J connectivity index is 2.34. The van der Waals surface area contributed by atoms with Crippen LogP contribution in [0.4, 0.5) is 0 Å². The number of benzene rings is 1. The molecule has 2 unspecified atom stereocenters. The SMILES string of the molecule is CCOc1ccc2c(c1)C(NC)C(C)SC2. The first-order valence-corrected chi connectivity index (χ1v) is 6.85. The van der Waals surface area contributed by atoms with Crippen molar-refractivity contribution in [3.63, 3.8) is 0 Å². The third-order valence-corrected chi connectivity index (χ3v) is 4.32. The van der Waals surface area contributed by atoms with Crippen LogP contribution in [0, 0.1) is 0 Å². The average Bonchev–Trinajstić information content (AvgIpc) is 2.29. The molecular formula is C13H19NOS. The quantitative estimate of drug-likeness (QED) is 0.873. The van der Waals surface area contributed by atoms with Crippen molar-refractivity contribution in [1.82, 2.24) is 5.32 Å². The Morgan fingerprint density at radius 2 is 2.31 bits per heavy atom. The number of nitrogens with one attached hydrogen (secondary N) is 1. The second-order valence-electron chi connectivity index (χ2n) is 4.08. The predicted molar refractivity (Wildman–Crippen MR) is 70.2 cm³/mol. The van der Waals surface area contributed by atoms with Gasteiger partial charge in [0.25, 0.3) is 0 Å². The van der Waals surface area contributed by atoms with Crippen LogP contribution in [-0.2, 0) is 5.75 Å². The molecule has 0 radical (unpaired) electrons. The van der Waals surface area contributed by atoms with E-state index >= 15 is 0 Å². The number of ether oxygens (including phenoxy) is 1. The summed E-state index contributed by atoms with van der Waals surface area (Å²) in [6.45, 7) is 5.03. The van der Waals surface area contributed by atoms with Crippen LogP contribution in [0.15, 0.2) is 18.2 Å². The van der Waals surface area contributed by atoms with Gasteiger partial charge in [-0.3, -0.25) is 0 Å². The van der Waals surface area contributed by atoms with Gasteiger partial charge in [0.05, 0.1) is 6.61 Å². The first kappa shape index (κ1) is 11.8. The summed E-state index contributed by atoms with van der Waals surface area (Å²) in [6, 6.07) is 6.90. The van der Waals surface area contributed by atoms with Crippen molar-refractivity contribution in [2.24, 2.45) is 0 Å². The summed E-state index contributed by atoms with van der Waals surface area (Å²) in [7, 11) is 2.03. The lowest BCUT2D eigenvalue weighted by Crippen LogP contribution is -2.29. The summed E-state index contributed by atoms with van der Waals surface area (Å²) >= 11 is 2.01. The average molecular weight is 237 g/mol. The molecule has 88 valence electrons. The number of hydrogen-bond donors (Lipinski definition) is 1. The number of fused-ring (bicyclic) bond motifs is 1. The van der Waals surface area contributed by atoms with Gasteiger partial charge in [0.1, 0.15) is 5.75 Å². The molecule has 0 saturated carbocycles. The van der Waals surface area contributed by atoms with Crippen molar-refractivity contribution in [1.29, 1.82) is 0 Å². The maximum absolute atomic E-state index is 5.57. The molecule has 3 heteroatoms. The highest BCUT2D eigenvalue weighted by atomic mass is 32.2. The molecule has 0 aliphatic carbocycles. The minimum Gasteiger partial charge on any atom is -0.494 e.